The quantitative estimate of drug-likeness (QED) is 0.261. The molecule has 6 aromatic rings. The lowest BCUT2D eigenvalue weighted by Crippen LogP contribution is -2.10. The van der Waals surface area contributed by atoms with Crippen molar-refractivity contribution in [2.24, 2.45) is 0 Å². The van der Waals surface area contributed by atoms with E-state index in [1.165, 1.54) is 24.7 Å². The summed E-state index contributed by atoms with van der Waals surface area (Å²) in [5.74, 6) is -0.437. The van der Waals surface area contributed by atoms with Crippen molar-refractivity contribution in [3.05, 3.63) is 60.0 Å². The Morgan fingerprint density at radius 2 is 1.95 bits per heavy atom. The number of fused-ring (bicyclic) bond motifs is 2. The van der Waals surface area contributed by atoms with Gasteiger partial charge in [0.25, 0.3) is 0 Å². The highest BCUT2D eigenvalue weighted by atomic mass is 32.1. The summed E-state index contributed by atoms with van der Waals surface area (Å²) >= 11 is 0.969. The van der Waals surface area contributed by atoms with Crippen LogP contribution in [0.3, 0.4) is 0 Å². The molecule has 6 rings (SSSR count). The van der Waals surface area contributed by atoms with E-state index in [4.69, 9.17) is 0 Å². The van der Waals surface area contributed by atoms with Crippen LogP contribution in [0.25, 0.3) is 55.3 Å². The van der Waals surface area contributed by atoms with Crippen molar-refractivity contribution in [2.75, 3.05) is 5.32 Å². The maximum atomic E-state index is 15.9. The summed E-state index contributed by atoms with van der Waals surface area (Å²) in [5, 5.41) is 9.73. The predicted octanol–water partition coefficient (Wildman–Crippen LogP) is 5.70. The van der Waals surface area contributed by atoms with E-state index in [2.05, 4.69) is 40.4 Å². The minimum atomic E-state index is -0.612. The fourth-order valence-electron chi connectivity index (χ4n) is 4.11. The van der Waals surface area contributed by atoms with Crippen LogP contribution in [0.4, 0.5) is 14.5 Å². The molecule has 9 nitrogen and oxygen atoms in total. The highest BCUT2D eigenvalue weighted by Crippen LogP contribution is 2.35. The molecule has 0 aromatic carbocycles. The van der Waals surface area contributed by atoms with E-state index < -0.39 is 5.82 Å². The minimum Gasteiger partial charge on any atom is -0.336 e. The fraction of sp³-hybridized carbons (Fsp3) is 0.120. The van der Waals surface area contributed by atoms with Crippen LogP contribution in [0.1, 0.15) is 19.8 Å². The number of aromatic nitrogens is 7. The lowest BCUT2D eigenvalue weighted by molar-refractivity contribution is -0.116. The molecule has 0 spiro atoms. The van der Waals surface area contributed by atoms with E-state index in [1.54, 1.807) is 24.4 Å². The number of hydrogen-bond donors (Lipinski definition) is 3. The molecule has 0 saturated heterocycles. The number of carbonyl (C=O) groups excluding carboxylic acids is 1. The molecule has 0 saturated carbocycles. The van der Waals surface area contributed by atoms with Crippen molar-refractivity contribution < 1.29 is 13.6 Å². The van der Waals surface area contributed by atoms with Crippen molar-refractivity contribution in [3.63, 3.8) is 0 Å². The number of pyridine rings is 3. The number of H-pyrrole nitrogens is 2. The summed E-state index contributed by atoms with van der Waals surface area (Å²) in [6, 6.07) is 6.38. The van der Waals surface area contributed by atoms with Crippen molar-refractivity contribution in [1.82, 2.24) is 35.1 Å². The van der Waals surface area contributed by atoms with Gasteiger partial charge in [-0.2, -0.15) is 9.49 Å². The maximum absolute atomic E-state index is 15.9. The second-order valence-corrected chi connectivity index (χ2v) is 9.32. The molecule has 0 bridgehead atoms. The standard InChI is InChI=1S/C25H18F2N8OS/c1-2-3-18(36)31-13-8-12(9-28-10-13)21-20(27)19-15(11-30-21)34-35-24(19)25-32-14-6-7-29-23(22(14)33-25)16-4-5-17(26)37-16/h4-11H,2-3H2,1H3,(H,31,36)(H,32,33)(H,34,35). The summed E-state index contributed by atoms with van der Waals surface area (Å²) < 4.78 is 29.6. The molecule has 3 N–H and O–H groups in total. The molecule has 184 valence electrons. The zero-order chi connectivity index (χ0) is 25.5. The van der Waals surface area contributed by atoms with Gasteiger partial charge in [0.2, 0.25) is 5.91 Å². The van der Waals surface area contributed by atoms with Gasteiger partial charge < -0.3 is 10.3 Å². The first-order valence-corrected chi connectivity index (χ1v) is 12.2. The third kappa shape index (κ3) is 4.10. The van der Waals surface area contributed by atoms with Crippen molar-refractivity contribution in [3.8, 4) is 33.3 Å². The van der Waals surface area contributed by atoms with E-state index in [0.717, 1.165) is 11.3 Å². The van der Waals surface area contributed by atoms with Crippen LogP contribution in [-0.4, -0.2) is 41.0 Å². The average molecular weight is 517 g/mol. The van der Waals surface area contributed by atoms with Crippen LogP contribution in [0.5, 0.6) is 0 Å². The number of anilines is 1. The number of carbonyl (C=O) groups is 1. The molecule has 6 aromatic heterocycles. The first kappa shape index (κ1) is 22.9. The summed E-state index contributed by atoms with van der Waals surface area (Å²) in [6.07, 6.45) is 7.14. The Morgan fingerprint density at radius 1 is 1.05 bits per heavy atom. The van der Waals surface area contributed by atoms with Crippen LogP contribution in [0.2, 0.25) is 0 Å². The topological polar surface area (TPSA) is 125 Å². The fourth-order valence-corrected chi connectivity index (χ4v) is 4.83. The molecule has 37 heavy (non-hydrogen) atoms. The number of hydrogen-bond acceptors (Lipinski definition) is 7. The summed E-state index contributed by atoms with van der Waals surface area (Å²) in [6.45, 7) is 1.91. The van der Waals surface area contributed by atoms with Gasteiger partial charge in [0.1, 0.15) is 22.6 Å². The van der Waals surface area contributed by atoms with E-state index in [-0.39, 0.29) is 27.8 Å². The minimum absolute atomic E-state index is 0.0572. The Kier molecular flexibility index (Phi) is 5.64. The average Bonchev–Trinajstić information content (AvgIpc) is 3.62. The number of imidazole rings is 1. The Labute approximate surface area is 212 Å². The number of thiophene rings is 1. The van der Waals surface area contributed by atoms with Gasteiger partial charge in [-0.25, -0.2) is 9.37 Å². The van der Waals surface area contributed by atoms with E-state index in [0.29, 0.717) is 57.0 Å². The Morgan fingerprint density at radius 3 is 2.76 bits per heavy atom. The van der Waals surface area contributed by atoms with Gasteiger partial charge in [-0.1, -0.05) is 6.92 Å². The molecule has 0 aliphatic heterocycles. The number of nitrogens with zero attached hydrogens (tertiary/aromatic N) is 5. The summed E-state index contributed by atoms with van der Waals surface area (Å²) in [7, 11) is 0. The smallest absolute Gasteiger partial charge is 0.224 e. The Bertz CT molecular complexity index is 1790. The van der Waals surface area contributed by atoms with E-state index in [1.807, 2.05) is 6.92 Å². The molecule has 0 atom stereocenters. The third-order valence-electron chi connectivity index (χ3n) is 5.75. The SMILES string of the molecule is CCCC(=O)Nc1cncc(-c2ncc3[nH]nc(-c4nc5c(-c6ccc(F)s6)nccc5[nH]4)c3c2F)c1. The van der Waals surface area contributed by atoms with Crippen molar-refractivity contribution >= 4 is 44.9 Å². The monoisotopic (exact) mass is 516 g/mol. The van der Waals surface area contributed by atoms with Gasteiger partial charge in [0.15, 0.2) is 16.8 Å². The van der Waals surface area contributed by atoms with Gasteiger partial charge >= 0.3 is 0 Å². The first-order chi connectivity index (χ1) is 18.0. The van der Waals surface area contributed by atoms with Crippen LogP contribution in [0.15, 0.2) is 49.1 Å². The maximum Gasteiger partial charge on any atom is 0.224 e. The van der Waals surface area contributed by atoms with Crippen molar-refractivity contribution in [2.45, 2.75) is 19.8 Å². The normalized spacial score (nSPS) is 11.4. The van der Waals surface area contributed by atoms with Gasteiger partial charge in [-0.15, -0.1) is 11.3 Å². The molecule has 0 fully saturated rings. The molecule has 1 amide bonds. The van der Waals surface area contributed by atoms with E-state index in [9.17, 15) is 9.18 Å². The predicted molar refractivity (Wildman–Crippen MR) is 137 cm³/mol. The number of aromatic amines is 2. The second-order valence-electron chi connectivity index (χ2n) is 8.29. The number of amides is 1. The Balaban J connectivity index is 1.44. The zero-order valence-electron chi connectivity index (χ0n) is 19.3. The molecule has 6 heterocycles. The van der Waals surface area contributed by atoms with Crippen LogP contribution >= 0.6 is 11.3 Å². The van der Waals surface area contributed by atoms with Crippen LogP contribution < -0.4 is 5.32 Å². The van der Waals surface area contributed by atoms with Gasteiger partial charge in [-0.05, 0) is 30.7 Å². The molecule has 0 aliphatic rings. The second kappa shape index (κ2) is 9.13. The molecule has 0 unspecified atom stereocenters. The van der Waals surface area contributed by atoms with Crippen LogP contribution in [0, 0.1) is 10.9 Å². The van der Waals surface area contributed by atoms with Gasteiger partial charge in [0, 0.05) is 24.4 Å². The number of rotatable bonds is 6. The molecule has 0 aliphatic carbocycles. The number of nitrogens with one attached hydrogen (secondary N) is 3. The van der Waals surface area contributed by atoms with Gasteiger partial charge in [0.05, 0.1) is 39.4 Å². The largest absolute Gasteiger partial charge is 0.336 e. The zero-order valence-corrected chi connectivity index (χ0v) is 20.2. The van der Waals surface area contributed by atoms with Gasteiger partial charge in [-0.3, -0.25) is 24.8 Å². The molecule has 12 heteroatoms. The number of halogens is 2. The highest BCUT2D eigenvalue weighted by Gasteiger charge is 2.22. The third-order valence-corrected chi connectivity index (χ3v) is 6.63. The first-order valence-electron chi connectivity index (χ1n) is 11.4. The van der Waals surface area contributed by atoms with Crippen LogP contribution in [-0.2, 0) is 4.79 Å². The molecular weight excluding hydrogens is 498 g/mol. The van der Waals surface area contributed by atoms with E-state index >= 15 is 4.39 Å². The Hall–Kier alpha value is -4.58. The summed E-state index contributed by atoms with van der Waals surface area (Å²) in [4.78, 5) is 33.2. The lowest BCUT2D eigenvalue weighted by Gasteiger charge is -2.07. The highest BCUT2D eigenvalue weighted by molar-refractivity contribution is 7.13. The lowest BCUT2D eigenvalue weighted by atomic mass is 10.1. The molecule has 0 radical (unpaired) electrons. The molecular formula is C25H18F2N8OS. The summed E-state index contributed by atoms with van der Waals surface area (Å²) in [5.41, 5.74) is 3.24. The van der Waals surface area contributed by atoms with Crippen molar-refractivity contribution in [1.29, 1.82) is 0 Å².